The third-order valence-electron chi connectivity index (χ3n) is 3.41. The number of aryl methyl sites for hydroxylation is 3. The second-order valence-electron chi connectivity index (χ2n) is 4.86. The monoisotopic (exact) mass is 290 g/mol. The van der Waals surface area contributed by atoms with Gasteiger partial charge in [-0.3, -0.25) is 9.48 Å². The maximum Gasteiger partial charge on any atom is 0.168 e. The van der Waals surface area contributed by atoms with Gasteiger partial charge in [-0.05, 0) is 38.0 Å². The molecule has 1 heterocycles. The van der Waals surface area contributed by atoms with Crippen molar-refractivity contribution in [1.29, 1.82) is 0 Å². The molecule has 106 valence electrons. The molecular formula is C16H19ClN2O. The molecule has 0 spiro atoms. The molecule has 0 aliphatic heterocycles. The summed E-state index contributed by atoms with van der Waals surface area (Å²) in [6.45, 7) is 6.80. The minimum atomic E-state index is 0.0733. The number of carbonyl (C=O) groups excluding carboxylic acids is 1. The highest BCUT2D eigenvalue weighted by Gasteiger charge is 2.13. The Labute approximate surface area is 124 Å². The van der Waals surface area contributed by atoms with E-state index in [0.29, 0.717) is 17.0 Å². The van der Waals surface area contributed by atoms with Crippen LogP contribution in [0.4, 0.5) is 0 Å². The minimum Gasteiger partial charge on any atom is -0.294 e. The topological polar surface area (TPSA) is 34.9 Å². The lowest BCUT2D eigenvalue weighted by Crippen LogP contribution is -2.09. The average Bonchev–Trinajstić information content (AvgIpc) is 2.84. The fourth-order valence-electron chi connectivity index (χ4n) is 2.14. The molecule has 0 saturated carbocycles. The Morgan fingerprint density at radius 3 is 2.65 bits per heavy atom. The third kappa shape index (κ3) is 3.10. The quantitative estimate of drug-likeness (QED) is 0.784. The van der Waals surface area contributed by atoms with E-state index in [1.807, 2.05) is 36.7 Å². The van der Waals surface area contributed by atoms with Gasteiger partial charge >= 0.3 is 0 Å². The Hall–Kier alpha value is -1.61. The number of rotatable bonds is 5. The zero-order valence-corrected chi connectivity index (χ0v) is 12.9. The molecule has 2 aromatic rings. The van der Waals surface area contributed by atoms with Gasteiger partial charge in [-0.1, -0.05) is 30.7 Å². The van der Waals surface area contributed by atoms with Crippen LogP contribution in [0.25, 0.3) is 0 Å². The summed E-state index contributed by atoms with van der Waals surface area (Å²) in [5.74, 6) is 0.0733. The van der Waals surface area contributed by atoms with Crippen molar-refractivity contribution in [3.05, 3.63) is 51.8 Å². The van der Waals surface area contributed by atoms with Gasteiger partial charge in [0.25, 0.3) is 0 Å². The molecule has 0 fully saturated rings. The summed E-state index contributed by atoms with van der Waals surface area (Å²) in [7, 11) is 0. The molecule has 0 saturated heterocycles. The van der Waals surface area contributed by atoms with Crippen LogP contribution in [-0.4, -0.2) is 15.6 Å². The highest BCUT2D eigenvalue weighted by atomic mass is 35.5. The van der Waals surface area contributed by atoms with Crippen LogP contribution in [-0.2, 0) is 19.4 Å². The fraction of sp³-hybridized carbons (Fsp3) is 0.375. The number of hydrogen-bond donors (Lipinski definition) is 0. The van der Waals surface area contributed by atoms with Gasteiger partial charge in [-0.25, -0.2) is 0 Å². The largest absolute Gasteiger partial charge is 0.294 e. The van der Waals surface area contributed by atoms with Crippen molar-refractivity contribution in [3.63, 3.8) is 0 Å². The van der Waals surface area contributed by atoms with E-state index >= 15 is 0 Å². The summed E-state index contributed by atoms with van der Waals surface area (Å²) < 4.78 is 1.90. The molecule has 0 bridgehead atoms. The van der Waals surface area contributed by atoms with Gasteiger partial charge in [0.2, 0.25) is 0 Å². The van der Waals surface area contributed by atoms with E-state index in [0.717, 1.165) is 29.9 Å². The van der Waals surface area contributed by atoms with Gasteiger partial charge in [-0.15, -0.1) is 0 Å². The standard InChI is InChI=1S/C16H19ClN2O/c1-4-13-9-14(19(5-2)18-13)10-16(20)12-7-6-11(3)15(17)8-12/h6-9H,4-5,10H2,1-3H3. The molecular weight excluding hydrogens is 272 g/mol. The predicted octanol–water partition coefficient (Wildman–Crippen LogP) is 3.85. The molecule has 0 amide bonds. The van der Waals surface area contributed by atoms with Crippen LogP contribution >= 0.6 is 11.6 Å². The summed E-state index contributed by atoms with van der Waals surface area (Å²) in [5.41, 5.74) is 3.63. The maximum atomic E-state index is 12.3. The third-order valence-corrected chi connectivity index (χ3v) is 3.82. The number of nitrogens with zero attached hydrogens (tertiary/aromatic N) is 2. The number of Topliss-reactive ketones (excluding diaryl/α,β-unsaturated/α-hetero) is 1. The van der Waals surface area contributed by atoms with Crippen LogP contribution in [0.5, 0.6) is 0 Å². The first-order valence-electron chi connectivity index (χ1n) is 6.90. The molecule has 0 atom stereocenters. The van der Waals surface area contributed by atoms with E-state index in [2.05, 4.69) is 12.0 Å². The Balaban J connectivity index is 2.22. The Bertz CT molecular complexity index is 631. The number of hydrogen-bond acceptors (Lipinski definition) is 2. The van der Waals surface area contributed by atoms with E-state index in [4.69, 9.17) is 11.6 Å². The zero-order valence-electron chi connectivity index (χ0n) is 12.1. The Kier molecular flexibility index (Phi) is 4.61. The van der Waals surface area contributed by atoms with Crippen LogP contribution in [0.15, 0.2) is 24.3 Å². The molecule has 0 aliphatic carbocycles. The van der Waals surface area contributed by atoms with Crippen LogP contribution in [0.3, 0.4) is 0 Å². The van der Waals surface area contributed by atoms with Crippen molar-refractivity contribution in [2.24, 2.45) is 0 Å². The highest BCUT2D eigenvalue weighted by molar-refractivity contribution is 6.31. The van der Waals surface area contributed by atoms with Crippen molar-refractivity contribution in [1.82, 2.24) is 9.78 Å². The normalized spacial score (nSPS) is 10.8. The van der Waals surface area contributed by atoms with Crippen LogP contribution in [0.1, 0.15) is 41.2 Å². The van der Waals surface area contributed by atoms with Gasteiger partial charge in [0.15, 0.2) is 5.78 Å². The minimum absolute atomic E-state index is 0.0733. The van der Waals surface area contributed by atoms with Crippen LogP contribution in [0.2, 0.25) is 5.02 Å². The van der Waals surface area contributed by atoms with Gasteiger partial charge in [-0.2, -0.15) is 5.10 Å². The summed E-state index contributed by atoms with van der Waals surface area (Å²) in [5, 5.41) is 5.10. The van der Waals surface area contributed by atoms with Gasteiger partial charge < -0.3 is 0 Å². The second-order valence-corrected chi connectivity index (χ2v) is 5.27. The van der Waals surface area contributed by atoms with E-state index in [9.17, 15) is 4.79 Å². The molecule has 1 aromatic heterocycles. The smallest absolute Gasteiger partial charge is 0.168 e. The van der Waals surface area contributed by atoms with E-state index in [-0.39, 0.29) is 5.78 Å². The first-order chi connectivity index (χ1) is 9.55. The molecule has 1 aromatic carbocycles. The number of carbonyl (C=O) groups is 1. The Morgan fingerprint density at radius 2 is 2.05 bits per heavy atom. The molecule has 4 heteroatoms. The van der Waals surface area contributed by atoms with Crippen molar-refractivity contribution >= 4 is 17.4 Å². The van der Waals surface area contributed by atoms with Gasteiger partial charge in [0.05, 0.1) is 12.1 Å². The number of ketones is 1. The average molecular weight is 291 g/mol. The molecule has 0 unspecified atom stereocenters. The number of aromatic nitrogens is 2. The summed E-state index contributed by atoms with van der Waals surface area (Å²) in [6.07, 6.45) is 1.24. The fourth-order valence-corrected chi connectivity index (χ4v) is 2.32. The van der Waals surface area contributed by atoms with E-state index in [1.54, 1.807) is 6.07 Å². The van der Waals surface area contributed by atoms with Crippen molar-refractivity contribution in [3.8, 4) is 0 Å². The van der Waals surface area contributed by atoms with Crippen molar-refractivity contribution < 1.29 is 4.79 Å². The predicted molar refractivity (Wildman–Crippen MR) is 81.5 cm³/mol. The van der Waals surface area contributed by atoms with E-state index < -0.39 is 0 Å². The summed E-state index contributed by atoms with van der Waals surface area (Å²) in [6, 6.07) is 7.46. The molecule has 0 radical (unpaired) electrons. The molecule has 20 heavy (non-hydrogen) atoms. The lowest BCUT2D eigenvalue weighted by Gasteiger charge is -2.05. The molecule has 0 N–H and O–H groups in total. The maximum absolute atomic E-state index is 12.3. The van der Waals surface area contributed by atoms with E-state index in [1.165, 1.54) is 0 Å². The summed E-state index contributed by atoms with van der Waals surface area (Å²) >= 11 is 6.08. The molecule has 0 aliphatic rings. The second kappa shape index (κ2) is 6.23. The number of halogens is 1. The first-order valence-corrected chi connectivity index (χ1v) is 7.27. The van der Waals surface area contributed by atoms with Gasteiger partial charge in [0.1, 0.15) is 0 Å². The lowest BCUT2D eigenvalue weighted by atomic mass is 10.0. The zero-order chi connectivity index (χ0) is 14.7. The molecule has 2 rings (SSSR count). The highest BCUT2D eigenvalue weighted by Crippen LogP contribution is 2.18. The van der Waals surface area contributed by atoms with Crippen LogP contribution in [0, 0.1) is 6.92 Å². The Morgan fingerprint density at radius 1 is 1.30 bits per heavy atom. The first kappa shape index (κ1) is 14.8. The molecule has 3 nitrogen and oxygen atoms in total. The summed E-state index contributed by atoms with van der Waals surface area (Å²) in [4.78, 5) is 12.3. The number of benzene rings is 1. The van der Waals surface area contributed by atoms with Crippen molar-refractivity contribution in [2.45, 2.75) is 40.2 Å². The van der Waals surface area contributed by atoms with Crippen LogP contribution < -0.4 is 0 Å². The SMILES string of the molecule is CCc1cc(CC(=O)c2ccc(C)c(Cl)c2)n(CC)n1. The van der Waals surface area contributed by atoms with Gasteiger partial charge in [0, 0.05) is 22.8 Å². The lowest BCUT2D eigenvalue weighted by molar-refractivity contribution is 0.0990. The van der Waals surface area contributed by atoms with Crippen molar-refractivity contribution in [2.75, 3.05) is 0 Å².